The molecule has 0 radical (unpaired) electrons. The highest BCUT2D eigenvalue weighted by molar-refractivity contribution is 5.58. The van der Waals surface area contributed by atoms with Gasteiger partial charge in [0.2, 0.25) is 0 Å². The first-order valence-corrected chi connectivity index (χ1v) is 8.19. The van der Waals surface area contributed by atoms with Gasteiger partial charge in [0.15, 0.2) is 0 Å². The molecule has 6 nitrogen and oxygen atoms in total. The summed E-state index contributed by atoms with van der Waals surface area (Å²) in [5, 5.41) is 0. The molecule has 1 saturated heterocycles. The van der Waals surface area contributed by atoms with Gasteiger partial charge in [-0.2, -0.15) is 0 Å². The Labute approximate surface area is 144 Å². The molecule has 126 valence electrons. The first-order chi connectivity index (χ1) is 12.2. The third-order valence-corrected chi connectivity index (χ3v) is 4.41. The number of para-hydroxylation sites is 2. The first kappa shape index (κ1) is 15.3. The van der Waals surface area contributed by atoms with Gasteiger partial charge in [0.1, 0.15) is 6.17 Å². The van der Waals surface area contributed by atoms with E-state index in [2.05, 4.69) is 19.8 Å². The summed E-state index contributed by atoms with van der Waals surface area (Å²) in [6, 6.07) is 21.5. The van der Waals surface area contributed by atoms with Gasteiger partial charge in [0.05, 0.1) is 5.69 Å². The van der Waals surface area contributed by atoms with Crippen molar-refractivity contribution in [3.63, 3.8) is 0 Å². The maximum atomic E-state index is 11.8. The van der Waals surface area contributed by atoms with Gasteiger partial charge in [-0.1, -0.05) is 36.4 Å². The predicted octanol–water partition coefficient (Wildman–Crippen LogP) is 2.09. The highest BCUT2D eigenvalue weighted by Gasteiger charge is 2.34. The second kappa shape index (κ2) is 6.32. The van der Waals surface area contributed by atoms with Crippen LogP contribution in [0, 0.1) is 0 Å². The molecule has 2 aromatic carbocycles. The summed E-state index contributed by atoms with van der Waals surface area (Å²) >= 11 is 0. The summed E-state index contributed by atoms with van der Waals surface area (Å²) in [7, 11) is 0. The smallest absolute Gasteiger partial charge is 0.326 e. The Morgan fingerprint density at radius 1 is 0.760 bits per heavy atom. The fraction of sp³-hybridized carbons (Fsp3) is 0.158. The van der Waals surface area contributed by atoms with E-state index in [-0.39, 0.29) is 6.17 Å². The van der Waals surface area contributed by atoms with Crippen LogP contribution in [0.15, 0.2) is 76.3 Å². The van der Waals surface area contributed by atoms with Gasteiger partial charge >= 0.3 is 5.69 Å². The SMILES string of the molecule is O=c1cc(C2N(c3ccccc3)CCN2c2ccccc2)[nH]c(=O)[nH]1. The molecular formula is C19H18N4O2. The molecular weight excluding hydrogens is 316 g/mol. The quantitative estimate of drug-likeness (QED) is 0.769. The summed E-state index contributed by atoms with van der Waals surface area (Å²) in [5.41, 5.74) is 1.79. The van der Waals surface area contributed by atoms with Crippen molar-refractivity contribution in [1.29, 1.82) is 0 Å². The topological polar surface area (TPSA) is 72.2 Å². The van der Waals surface area contributed by atoms with Gasteiger partial charge in [-0.3, -0.25) is 9.78 Å². The van der Waals surface area contributed by atoms with Gasteiger partial charge in [-0.15, -0.1) is 0 Å². The lowest BCUT2D eigenvalue weighted by Crippen LogP contribution is -2.35. The molecule has 1 fully saturated rings. The third-order valence-electron chi connectivity index (χ3n) is 4.41. The van der Waals surface area contributed by atoms with Gasteiger partial charge in [0.25, 0.3) is 5.56 Å². The van der Waals surface area contributed by atoms with E-state index in [1.165, 1.54) is 6.07 Å². The minimum absolute atomic E-state index is 0.250. The van der Waals surface area contributed by atoms with Crippen molar-refractivity contribution < 1.29 is 0 Å². The molecule has 0 saturated carbocycles. The molecule has 0 amide bonds. The Balaban J connectivity index is 1.84. The predicted molar refractivity (Wildman–Crippen MR) is 98.0 cm³/mol. The molecule has 0 unspecified atom stereocenters. The fourth-order valence-electron chi connectivity index (χ4n) is 3.37. The maximum absolute atomic E-state index is 11.8. The van der Waals surface area contributed by atoms with Crippen molar-refractivity contribution in [3.8, 4) is 0 Å². The van der Waals surface area contributed by atoms with Crippen molar-refractivity contribution in [2.24, 2.45) is 0 Å². The average molecular weight is 334 g/mol. The number of hydrogen-bond donors (Lipinski definition) is 2. The summed E-state index contributed by atoms with van der Waals surface area (Å²) in [4.78, 5) is 33.1. The molecule has 0 aliphatic carbocycles. The monoisotopic (exact) mass is 334 g/mol. The largest absolute Gasteiger partial charge is 0.344 e. The molecule has 1 aromatic heterocycles. The van der Waals surface area contributed by atoms with Crippen LogP contribution in [0.3, 0.4) is 0 Å². The van der Waals surface area contributed by atoms with Crippen LogP contribution in [0.1, 0.15) is 11.9 Å². The molecule has 6 heteroatoms. The summed E-state index contributed by atoms with van der Waals surface area (Å²) in [6.07, 6.45) is -0.250. The Morgan fingerprint density at radius 2 is 1.28 bits per heavy atom. The number of anilines is 2. The molecule has 4 rings (SSSR count). The van der Waals surface area contributed by atoms with E-state index in [9.17, 15) is 9.59 Å². The standard InChI is InChI=1S/C19H18N4O2/c24-17-13-16(20-19(25)21-17)18-22(14-7-3-1-4-8-14)11-12-23(18)15-9-5-2-6-10-15/h1-10,13,18H,11-12H2,(H2,20,21,24,25). The van der Waals surface area contributed by atoms with Gasteiger partial charge in [-0.25, -0.2) is 4.79 Å². The lowest BCUT2D eigenvalue weighted by molar-refractivity contribution is 0.683. The van der Waals surface area contributed by atoms with Crippen molar-refractivity contribution in [1.82, 2.24) is 9.97 Å². The number of nitrogens with one attached hydrogen (secondary N) is 2. The highest BCUT2D eigenvalue weighted by Crippen LogP contribution is 2.36. The van der Waals surface area contributed by atoms with Crippen molar-refractivity contribution in [3.05, 3.63) is 93.3 Å². The molecule has 1 aliphatic rings. The number of hydrogen-bond acceptors (Lipinski definition) is 4. The highest BCUT2D eigenvalue weighted by atomic mass is 16.2. The van der Waals surface area contributed by atoms with Crippen molar-refractivity contribution in [2.45, 2.75) is 6.17 Å². The molecule has 2 heterocycles. The zero-order chi connectivity index (χ0) is 17.2. The molecule has 1 aliphatic heterocycles. The molecule has 0 spiro atoms. The summed E-state index contributed by atoms with van der Waals surface area (Å²) < 4.78 is 0. The van der Waals surface area contributed by atoms with Gasteiger partial charge in [-0.05, 0) is 24.3 Å². The Morgan fingerprint density at radius 3 is 1.76 bits per heavy atom. The van der Waals surface area contributed by atoms with Gasteiger partial charge in [0, 0.05) is 30.5 Å². The maximum Gasteiger partial charge on any atom is 0.326 e. The van der Waals surface area contributed by atoms with Crippen LogP contribution in [-0.4, -0.2) is 23.1 Å². The number of rotatable bonds is 3. The van der Waals surface area contributed by atoms with Crippen LogP contribution in [0.4, 0.5) is 11.4 Å². The van der Waals surface area contributed by atoms with Gasteiger partial charge < -0.3 is 14.8 Å². The minimum Gasteiger partial charge on any atom is -0.344 e. The minimum atomic E-state index is -0.490. The van der Waals surface area contributed by atoms with E-state index >= 15 is 0 Å². The zero-order valence-corrected chi connectivity index (χ0v) is 13.6. The van der Waals surface area contributed by atoms with Crippen LogP contribution in [-0.2, 0) is 0 Å². The normalized spacial score (nSPS) is 14.9. The number of aromatic nitrogens is 2. The lowest BCUT2D eigenvalue weighted by atomic mass is 10.2. The second-order valence-electron chi connectivity index (χ2n) is 5.97. The molecule has 3 aromatic rings. The van der Waals surface area contributed by atoms with Crippen LogP contribution >= 0.6 is 0 Å². The van der Waals surface area contributed by atoms with E-state index in [4.69, 9.17) is 0 Å². The average Bonchev–Trinajstić information content (AvgIpc) is 3.07. The van der Waals surface area contributed by atoms with Crippen molar-refractivity contribution in [2.75, 3.05) is 22.9 Å². The third kappa shape index (κ3) is 2.94. The van der Waals surface area contributed by atoms with Crippen LogP contribution in [0.25, 0.3) is 0 Å². The molecule has 0 bridgehead atoms. The van der Waals surface area contributed by atoms with E-state index < -0.39 is 11.2 Å². The van der Waals surface area contributed by atoms with Crippen LogP contribution < -0.4 is 21.0 Å². The summed E-state index contributed by atoms with van der Waals surface area (Å²) in [6.45, 7) is 1.58. The van der Waals surface area contributed by atoms with Crippen LogP contribution in [0.2, 0.25) is 0 Å². The number of aromatic amines is 2. The van der Waals surface area contributed by atoms with E-state index in [1.54, 1.807) is 0 Å². The van der Waals surface area contributed by atoms with E-state index in [1.807, 2.05) is 60.7 Å². The van der Waals surface area contributed by atoms with E-state index in [0.29, 0.717) is 5.69 Å². The Kier molecular flexibility index (Phi) is 3.85. The second-order valence-corrected chi connectivity index (χ2v) is 5.97. The molecule has 0 atom stereocenters. The number of nitrogens with zero attached hydrogens (tertiary/aromatic N) is 2. The summed E-state index contributed by atoms with van der Waals surface area (Å²) in [5.74, 6) is 0. The van der Waals surface area contributed by atoms with E-state index in [0.717, 1.165) is 24.5 Å². The van der Waals surface area contributed by atoms with Crippen molar-refractivity contribution >= 4 is 11.4 Å². The lowest BCUT2D eigenvalue weighted by Gasteiger charge is -2.32. The first-order valence-electron chi connectivity index (χ1n) is 8.19. The molecule has 2 N–H and O–H groups in total. The number of H-pyrrole nitrogens is 2. The Bertz CT molecular complexity index is 890. The Hall–Kier alpha value is -3.28. The zero-order valence-electron chi connectivity index (χ0n) is 13.6. The fourth-order valence-corrected chi connectivity index (χ4v) is 3.37. The number of benzene rings is 2. The van der Waals surface area contributed by atoms with Crippen LogP contribution in [0.5, 0.6) is 0 Å². The molecule has 25 heavy (non-hydrogen) atoms.